The molecular formula is C37H43F3N4O2S2. The molecule has 1 aliphatic heterocycles. The Morgan fingerprint density at radius 3 is 2.52 bits per heavy atom. The largest absolute Gasteiger partial charge is 0.484 e. The number of hydrogen-bond acceptors (Lipinski definition) is 7. The average Bonchev–Trinajstić information content (AvgIpc) is 3.05. The molecule has 0 spiro atoms. The SMILES string of the molecule is CS(=O)CCN1CCCCCCc2ccccc2-c2nc(ccc2-c2ccc(F)c(OCC(F)(F)C(C)(C)C)c2)NSc2cccc1n2. The third kappa shape index (κ3) is 9.11. The first-order valence-corrected chi connectivity index (χ1v) is 18.8. The highest BCUT2D eigenvalue weighted by molar-refractivity contribution is 8.00. The van der Waals surface area contributed by atoms with Gasteiger partial charge in [-0.2, -0.15) is 0 Å². The lowest BCUT2D eigenvalue weighted by Gasteiger charge is -2.30. The minimum atomic E-state index is -3.16. The number of fused-ring (bicyclic) bond motifs is 6. The summed E-state index contributed by atoms with van der Waals surface area (Å²) >= 11 is 1.35. The minimum absolute atomic E-state index is 0.232. The summed E-state index contributed by atoms with van der Waals surface area (Å²) in [6.07, 6.45) is 6.66. The molecule has 1 atom stereocenters. The number of alkyl halides is 2. The third-order valence-electron chi connectivity index (χ3n) is 8.48. The highest BCUT2D eigenvalue weighted by Crippen LogP contribution is 2.39. The number of hydrogen-bond donors (Lipinski definition) is 1. The van der Waals surface area contributed by atoms with Crippen molar-refractivity contribution in [2.75, 3.05) is 41.3 Å². The Bertz CT molecular complexity index is 1730. The van der Waals surface area contributed by atoms with Crippen molar-refractivity contribution < 1.29 is 22.1 Å². The van der Waals surface area contributed by atoms with Crippen LogP contribution in [0.1, 0.15) is 52.0 Å². The van der Waals surface area contributed by atoms with E-state index < -0.39 is 34.6 Å². The van der Waals surface area contributed by atoms with Crippen LogP contribution in [-0.4, -0.2) is 51.8 Å². The van der Waals surface area contributed by atoms with E-state index >= 15 is 0 Å². The van der Waals surface area contributed by atoms with E-state index in [1.807, 2.05) is 48.5 Å². The molecule has 0 amide bonds. The highest BCUT2D eigenvalue weighted by atomic mass is 32.2. The molecule has 0 saturated carbocycles. The van der Waals surface area contributed by atoms with E-state index in [0.29, 0.717) is 29.4 Å². The van der Waals surface area contributed by atoms with Gasteiger partial charge in [0.15, 0.2) is 18.2 Å². The summed E-state index contributed by atoms with van der Waals surface area (Å²) in [5.74, 6) is -2.06. The number of anilines is 2. The molecule has 4 bridgehead atoms. The van der Waals surface area contributed by atoms with Gasteiger partial charge in [0.2, 0.25) is 0 Å². The number of nitrogens with zero attached hydrogens (tertiary/aromatic N) is 3. The van der Waals surface area contributed by atoms with Gasteiger partial charge in [-0.05, 0) is 66.8 Å². The molecule has 1 unspecified atom stereocenters. The maximum absolute atomic E-state index is 14.9. The van der Waals surface area contributed by atoms with E-state index in [4.69, 9.17) is 14.7 Å². The van der Waals surface area contributed by atoms with Crippen LogP contribution in [0.3, 0.4) is 0 Å². The van der Waals surface area contributed by atoms with E-state index in [1.165, 1.54) is 44.9 Å². The van der Waals surface area contributed by atoms with E-state index in [1.54, 1.807) is 12.3 Å². The van der Waals surface area contributed by atoms with Crippen LogP contribution >= 0.6 is 11.9 Å². The maximum Gasteiger partial charge on any atom is 0.286 e. The summed E-state index contributed by atoms with van der Waals surface area (Å²) in [7, 11) is -0.898. The minimum Gasteiger partial charge on any atom is -0.484 e. The van der Waals surface area contributed by atoms with Gasteiger partial charge in [-0.1, -0.05) is 70.0 Å². The monoisotopic (exact) mass is 696 g/mol. The first-order valence-electron chi connectivity index (χ1n) is 16.3. The molecule has 1 aliphatic rings. The average molecular weight is 697 g/mol. The molecule has 1 N–H and O–H groups in total. The van der Waals surface area contributed by atoms with E-state index in [9.17, 15) is 17.4 Å². The van der Waals surface area contributed by atoms with Crippen LogP contribution in [0.15, 0.2) is 77.8 Å². The third-order valence-corrected chi connectivity index (χ3v) is 9.99. The Morgan fingerprint density at radius 1 is 0.938 bits per heavy atom. The number of ether oxygens (including phenoxy) is 1. The fraction of sp³-hybridized carbons (Fsp3) is 0.405. The van der Waals surface area contributed by atoms with Gasteiger partial charge >= 0.3 is 0 Å². The number of halogens is 3. The topological polar surface area (TPSA) is 67.4 Å². The second-order valence-electron chi connectivity index (χ2n) is 13.1. The van der Waals surface area contributed by atoms with Crippen LogP contribution in [0.2, 0.25) is 0 Å². The van der Waals surface area contributed by atoms with E-state index in [-0.39, 0.29) is 5.75 Å². The van der Waals surface area contributed by atoms with E-state index in [2.05, 4.69) is 15.7 Å². The van der Waals surface area contributed by atoms with Gasteiger partial charge in [0.05, 0.1) is 5.69 Å². The summed E-state index contributed by atoms with van der Waals surface area (Å²) in [5.41, 5.74) is 2.79. The van der Waals surface area contributed by atoms with Crippen molar-refractivity contribution in [2.24, 2.45) is 5.41 Å². The number of aromatic nitrogens is 2. The van der Waals surface area contributed by atoms with Crippen LogP contribution in [0.5, 0.6) is 5.75 Å². The Morgan fingerprint density at radius 2 is 1.73 bits per heavy atom. The predicted molar refractivity (Wildman–Crippen MR) is 192 cm³/mol. The Kier molecular flexibility index (Phi) is 11.7. The van der Waals surface area contributed by atoms with Gasteiger partial charge in [-0.3, -0.25) is 4.21 Å². The molecule has 4 aromatic rings. The first kappa shape index (κ1) is 35.7. The molecule has 6 nitrogen and oxygen atoms in total. The summed E-state index contributed by atoms with van der Waals surface area (Å²) in [6, 6.07) is 22.1. The zero-order valence-electron chi connectivity index (χ0n) is 27.9. The lowest BCUT2D eigenvalue weighted by atomic mass is 9.88. The first-order chi connectivity index (χ1) is 22.9. The second-order valence-corrected chi connectivity index (χ2v) is 15.5. The molecular weight excluding hydrogens is 654 g/mol. The van der Waals surface area contributed by atoms with Gasteiger partial charge in [0, 0.05) is 64.4 Å². The van der Waals surface area contributed by atoms with Gasteiger partial charge in [0.25, 0.3) is 5.92 Å². The Hall–Kier alpha value is -3.57. The fourth-order valence-electron chi connectivity index (χ4n) is 5.38. The van der Waals surface area contributed by atoms with Crippen molar-refractivity contribution in [3.05, 3.63) is 84.2 Å². The van der Waals surface area contributed by atoms with Crippen LogP contribution < -0.4 is 14.4 Å². The number of aryl methyl sites for hydroxylation is 1. The maximum atomic E-state index is 14.9. The lowest BCUT2D eigenvalue weighted by molar-refractivity contribution is -0.123. The smallest absolute Gasteiger partial charge is 0.286 e. The summed E-state index contributed by atoms with van der Waals surface area (Å²) in [6.45, 7) is 4.87. The lowest BCUT2D eigenvalue weighted by Crippen LogP contribution is -2.39. The quantitative estimate of drug-likeness (QED) is 0.193. The number of benzene rings is 2. The standard InChI is InChI=1S/C37H43F3N4O2S2/c1-36(2,3)37(39,40)25-46-31-24-27(17-19-30(31)38)29-18-20-32-41-35(29)28-14-9-8-13-26(28)12-7-5-6-10-21-44(22-23-48(4)45)33-15-11-16-34(42-33)47-43-32/h8-9,11,13-20,24H,5-7,10,12,21-23,25H2,1-4H3,(H,41,43). The molecule has 48 heavy (non-hydrogen) atoms. The molecule has 0 fully saturated rings. The van der Waals surface area contributed by atoms with Crippen molar-refractivity contribution >= 4 is 34.4 Å². The molecule has 3 heterocycles. The Labute approximate surface area is 288 Å². The summed E-state index contributed by atoms with van der Waals surface area (Å²) < 4.78 is 65.0. The highest BCUT2D eigenvalue weighted by Gasteiger charge is 2.44. The fourth-order valence-corrected chi connectivity index (χ4v) is 6.47. The van der Waals surface area contributed by atoms with Crippen molar-refractivity contribution in [1.29, 1.82) is 0 Å². The van der Waals surface area contributed by atoms with Crippen LogP contribution in [0.4, 0.5) is 24.8 Å². The van der Waals surface area contributed by atoms with Gasteiger partial charge in [-0.25, -0.2) is 23.1 Å². The normalized spacial score (nSPS) is 15.2. The summed E-state index contributed by atoms with van der Waals surface area (Å²) in [5, 5.41) is 0.764. The van der Waals surface area contributed by atoms with E-state index in [0.717, 1.165) is 66.2 Å². The van der Waals surface area contributed by atoms with Crippen molar-refractivity contribution in [3.8, 4) is 28.1 Å². The zero-order chi connectivity index (χ0) is 34.3. The van der Waals surface area contributed by atoms with Gasteiger partial charge in [-0.15, -0.1) is 0 Å². The molecule has 256 valence electrons. The van der Waals surface area contributed by atoms with Crippen LogP contribution in [0, 0.1) is 11.2 Å². The molecule has 0 aliphatic carbocycles. The van der Waals surface area contributed by atoms with Gasteiger partial charge < -0.3 is 14.4 Å². The zero-order valence-corrected chi connectivity index (χ0v) is 29.5. The van der Waals surface area contributed by atoms with Crippen LogP contribution in [-0.2, 0) is 17.2 Å². The van der Waals surface area contributed by atoms with Crippen molar-refractivity contribution in [1.82, 2.24) is 9.97 Å². The van der Waals surface area contributed by atoms with Crippen molar-refractivity contribution in [2.45, 2.75) is 63.8 Å². The summed E-state index contributed by atoms with van der Waals surface area (Å²) in [4.78, 5) is 12.2. The Balaban J connectivity index is 1.51. The predicted octanol–water partition coefficient (Wildman–Crippen LogP) is 9.43. The van der Waals surface area contributed by atoms with Crippen LogP contribution in [0.25, 0.3) is 22.4 Å². The molecule has 2 aromatic heterocycles. The molecule has 2 aromatic carbocycles. The number of pyridine rings is 2. The van der Waals surface area contributed by atoms with Gasteiger partial charge in [0.1, 0.15) is 16.7 Å². The number of rotatable bonds is 7. The van der Waals surface area contributed by atoms with Crippen molar-refractivity contribution in [3.63, 3.8) is 0 Å². The molecule has 11 heteroatoms. The molecule has 5 rings (SSSR count). The molecule has 0 saturated heterocycles. The number of nitrogens with one attached hydrogen (secondary N) is 1. The second kappa shape index (κ2) is 15.8. The molecule has 0 radical (unpaired) electrons.